The van der Waals surface area contributed by atoms with Crippen molar-refractivity contribution in [1.82, 2.24) is 9.55 Å². The summed E-state index contributed by atoms with van der Waals surface area (Å²) in [5, 5.41) is 21.4. The zero-order chi connectivity index (χ0) is 21.1. The number of aromatic hydroxyl groups is 1. The maximum absolute atomic E-state index is 12.8. The second-order valence-corrected chi connectivity index (χ2v) is 7.01. The van der Waals surface area contributed by atoms with Crippen LogP contribution in [0.3, 0.4) is 0 Å². The third kappa shape index (κ3) is 3.49. The van der Waals surface area contributed by atoms with Crippen LogP contribution in [0.15, 0.2) is 70.6 Å². The van der Waals surface area contributed by atoms with Crippen molar-refractivity contribution in [3.8, 4) is 11.9 Å². The van der Waals surface area contributed by atoms with Gasteiger partial charge in [-0.1, -0.05) is 36.4 Å². The van der Waals surface area contributed by atoms with Crippen LogP contribution in [0.25, 0.3) is 10.9 Å². The molecule has 6 nitrogen and oxygen atoms in total. The summed E-state index contributed by atoms with van der Waals surface area (Å²) < 4.78 is 1.25. The molecule has 0 fully saturated rings. The zero-order valence-electron chi connectivity index (χ0n) is 16.5. The van der Waals surface area contributed by atoms with E-state index in [9.17, 15) is 15.2 Å². The van der Waals surface area contributed by atoms with Gasteiger partial charge in [0, 0.05) is 29.9 Å². The topological polar surface area (TPSA) is 94.2 Å². The summed E-state index contributed by atoms with van der Waals surface area (Å²) in [7, 11) is 0. The van der Waals surface area contributed by atoms with Crippen molar-refractivity contribution >= 4 is 22.8 Å². The molecule has 2 aromatic carbocycles. The lowest BCUT2D eigenvalue weighted by atomic mass is 10.1. The molecule has 0 bridgehead atoms. The molecule has 0 atom stereocenters. The Balaban J connectivity index is 1.73. The SMILES string of the molecule is Cc1c(C=Nc2ccccc2)c(O)n(CCc2c[nH]c3ccccc23)c(=O)c1C#N. The van der Waals surface area contributed by atoms with E-state index in [1.165, 1.54) is 10.8 Å². The third-order valence-corrected chi connectivity index (χ3v) is 5.22. The first-order valence-corrected chi connectivity index (χ1v) is 9.60. The lowest BCUT2D eigenvalue weighted by molar-refractivity contribution is 0.404. The van der Waals surface area contributed by atoms with Crippen LogP contribution in [0.1, 0.15) is 22.3 Å². The molecule has 2 N–H and O–H groups in total. The minimum Gasteiger partial charge on any atom is -0.494 e. The zero-order valence-corrected chi connectivity index (χ0v) is 16.5. The van der Waals surface area contributed by atoms with E-state index in [-0.39, 0.29) is 18.0 Å². The van der Waals surface area contributed by atoms with E-state index in [0.29, 0.717) is 23.2 Å². The summed E-state index contributed by atoms with van der Waals surface area (Å²) in [4.78, 5) is 20.4. The summed E-state index contributed by atoms with van der Waals surface area (Å²) in [6.45, 7) is 1.89. The number of aliphatic imine (C=N–C) groups is 1. The highest BCUT2D eigenvalue weighted by molar-refractivity contribution is 5.87. The molecular weight excluding hydrogens is 376 g/mol. The molecule has 0 spiro atoms. The molecule has 0 aliphatic carbocycles. The van der Waals surface area contributed by atoms with E-state index >= 15 is 0 Å². The summed E-state index contributed by atoms with van der Waals surface area (Å²) in [5.41, 5.74) is 3.07. The van der Waals surface area contributed by atoms with Crippen molar-refractivity contribution in [2.45, 2.75) is 19.9 Å². The first-order chi connectivity index (χ1) is 14.6. The van der Waals surface area contributed by atoms with Gasteiger partial charge in [-0.3, -0.25) is 14.4 Å². The molecule has 0 saturated heterocycles. The highest BCUT2D eigenvalue weighted by atomic mass is 16.3. The van der Waals surface area contributed by atoms with Crippen LogP contribution in [-0.4, -0.2) is 20.9 Å². The van der Waals surface area contributed by atoms with Gasteiger partial charge in [-0.05, 0) is 42.7 Å². The number of nitrogens with zero attached hydrogens (tertiary/aromatic N) is 3. The Morgan fingerprint density at radius 1 is 1.17 bits per heavy atom. The molecule has 4 aromatic rings. The molecule has 0 unspecified atom stereocenters. The molecule has 148 valence electrons. The molecule has 0 aliphatic heterocycles. The lowest BCUT2D eigenvalue weighted by Gasteiger charge is -2.14. The second kappa shape index (κ2) is 8.10. The predicted octanol–water partition coefficient (Wildman–Crippen LogP) is 4.21. The van der Waals surface area contributed by atoms with Gasteiger partial charge in [0.1, 0.15) is 11.6 Å². The van der Waals surface area contributed by atoms with Crippen LogP contribution in [0.4, 0.5) is 5.69 Å². The average Bonchev–Trinajstić information content (AvgIpc) is 3.18. The molecule has 6 heteroatoms. The first-order valence-electron chi connectivity index (χ1n) is 9.60. The van der Waals surface area contributed by atoms with Crippen LogP contribution in [0.5, 0.6) is 5.88 Å². The monoisotopic (exact) mass is 396 g/mol. The Labute approximate surface area is 173 Å². The van der Waals surface area contributed by atoms with E-state index in [1.807, 2.05) is 66.9 Å². The van der Waals surface area contributed by atoms with Gasteiger partial charge in [0.25, 0.3) is 5.56 Å². The smallest absolute Gasteiger partial charge is 0.271 e. The van der Waals surface area contributed by atoms with Gasteiger partial charge in [-0.2, -0.15) is 5.26 Å². The van der Waals surface area contributed by atoms with Crippen molar-refractivity contribution in [2.24, 2.45) is 4.99 Å². The van der Waals surface area contributed by atoms with Gasteiger partial charge in [0.15, 0.2) is 0 Å². The Kier molecular flexibility index (Phi) is 5.19. The number of fused-ring (bicyclic) bond motifs is 1. The number of aryl methyl sites for hydroxylation is 1. The van der Waals surface area contributed by atoms with Crippen LogP contribution >= 0.6 is 0 Å². The van der Waals surface area contributed by atoms with Gasteiger partial charge in [0.2, 0.25) is 5.88 Å². The van der Waals surface area contributed by atoms with E-state index in [4.69, 9.17) is 0 Å². The number of aromatic amines is 1. The van der Waals surface area contributed by atoms with Gasteiger partial charge in [0.05, 0.1) is 11.3 Å². The molecule has 2 heterocycles. The Bertz CT molecular complexity index is 1340. The maximum Gasteiger partial charge on any atom is 0.271 e. The van der Waals surface area contributed by atoms with Crippen molar-refractivity contribution in [2.75, 3.05) is 0 Å². The van der Waals surface area contributed by atoms with Crippen LogP contribution in [0.2, 0.25) is 0 Å². The number of aromatic nitrogens is 2. The van der Waals surface area contributed by atoms with Gasteiger partial charge >= 0.3 is 0 Å². The van der Waals surface area contributed by atoms with Gasteiger partial charge < -0.3 is 10.1 Å². The summed E-state index contributed by atoms with van der Waals surface area (Å²) in [6, 6.07) is 19.2. The van der Waals surface area contributed by atoms with Crippen molar-refractivity contribution in [1.29, 1.82) is 5.26 Å². The summed E-state index contributed by atoms with van der Waals surface area (Å²) in [6.07, 6.45) is 3.94. The van der Waals surface area contributed by atoms with Crippen LogP contribution < -0.4 is 5.56 Å². The molecule has 30 heavy (non-hydrogen) atoms. The first kappa shape index (κ1) is 19.2. The number of nitriles is 1. The fourth-order valence-electron chi connectivity index (χ4n) is 3.56. The summed E-state index contributed by atoms with van der Waals surface area (Å²) >= 11 is 0. The van der Waals surface area contributed by atoms with E-state index in [1.54, 1.807) is 6.92 Å². The second-order valence-electron chi connectivity index (χ2n) is 7.01. The normalized spacial score (nSPS) is 11.2. The number of hydrogen-bond donors (Lipinski definition) is 2. The van der Waals surface area contributed by atoms with E-state index in [0.717, 1.165) is 16.5 Å². The number of pyridine rings is 1. The number of para-hydroxylation sites is 2. The molecule has 4 rings (SSSR count). The molecule has 0 amide bonds. The van der Waals surface area contributed by atoms with Crippen molar-refractivity contribution in [3.63, 3.8) is 0 Å². The lowest BCUT2D eigenvalue weighted by Crippen LogP contribution is -2.26. The molecular formula is C24H20N4O2. The fourth-order valence-corrected chi connectivity index (χ4v) is 3.56. The average molecular weight is 396 g/mol. The molecule has 0 radical (unpaired) electrons. The van der Waals surface area contributed by atoms with E-state index in [2.05, 4.69) is 9.98 Å². The number of hydrogen-bond acceptors (Lipinski definition) is 4. The fraction of sp³-hybridized carbons (Fsp3) is 0.125. The van der Waals surface area contributed by atoms with Crippen molar-refractivity contribution in [3.05, 3.63) is 93.4 Å². The van der Waals surface area contributed by atoms with Crippen molar-refractivity contribution < 1.29 is 5.11 Å². The van der Waals surface area contributed by atoms with E-state index < -0.39 is 5.56 Å². The minimum absolute atomic E-state index is 0.0150. The van der Waals surface area contributed by atoms with Gasteiger partial charge in [-0.15, -0.1) is 0 Å². The maximum atomic E-state index is 12.8. The minimum atomic E-state index is -0.496. The number of H-pyrrole nitrogens is 1. The highest BCUT2D eigenvalue weighted by Crippen LogP contribution is 2.23. The standard InChI is InChI=1S/C24H20N4O2/c1-16-20(13-25)23(29)28(12-11-17-14-27-22-10-6-5-9-19(17)22)24(30)21(16)15-26-18-7-3-2-4-8-18/h2-10,14-15,27,30H,11-12H2,1H3. The van der Waals surface area contributed by atoms with Crippen LogP contribution in [0, 0.1) is 18.3 Å². The number of benzene rings is 2. The Morgan fingerprint density at radius 2 is 1.90 bits per heavy atom. The van der Waals surface area contributed by atoms with Crippen LogP contribution in [-0.2, 0) is 13.0 Å². The molecule has 2 aromatic heterocycles. The van der Waals surface area contributed by atoms with Gasteiger partial charge in [-0.25, -0.2) is 0 Å². The quantitative estimate of drug-likeness (QED) is 0.495. The number of nitrogens with one attached hydrogen (secondary N) is 1. The largest absolute Gasteiger partial charge is 0.494 e. The summed E-state index contributed by atoms with van der Waals surface area (Å²) in [5.74, 6) is -0.184. The predicted molar refractivity (Wildman–Crippen MR) is 118 cm³/mol. The Hall–Kier alpha value is -4.11. The Morgan fingerprint density at radius 3 is 2.67 bits per heavy atom. The molecule has 0 aliphatic rings. The molecule has 0 saturated carbocycles. The highest BCUT2D eigenvalue weighted by Gasteiger charge is 2.18. The third-order valence-electron chi connectivity index (χ3n) is 5.22. The number of rotatable bonds is 5.